The van der Waals surface area contributed by atoms with Crippen molar-refractivity contribution in [2.75, 3.05) is 6.26 Å². The average Bonchev–Trinajstić information content (AvgIpc) is 2.10. The lowest BCUT2D eigenvalue weighted by molar-refractivity contribution is 0.0550. The van der Waals surface area contributed by atoms with Crippen LogP contribution >= 0.6 is 11.8 Å². The first-order valence-corrected chi connectivity index (χ1v) is 6.95. The van der Waals surface area contributed by atoms with Crippen LogP contribution in [0.1, 0.15) is 34.6 Å². The van der Waals surface area contributed by atoms with E-state index in [1.165, 1.54) is 11.8 Å². The van der Waals surface area contributed by atoms with Crippen LogP contribution in [-0.4, -0.2) is 34.7 Å². The molecule has 0 heterocycles. The maximum Gasteiger partial charge on any atom is 0.412 e. The molecule has 0 atom stereocenters. The minimum atomic E-state index is -1.13. The highest BCUT2D eigenvalue weighted by Gasteiger charge is 2.21. The molecule has 0 unspecified atom stereocenters. The lowest BCUT2D eigenvalue weighted by Gasteiger charge is -2.23. The zero-order valence-corrected chi connectivity index (χ0v) is 13.0. The van der Waals surface area contributed by atoms with E-state index in [1.54, 1.807) is 47.0 Å². The first-order valence-electron chi connectivity index (χ1n) is 5.73. The van der Waals surface area contributed by atoms with Gasteiger partial charge in [0.1, 0.15) is 5.60 Å². The maximum atomic E-state index is 11.6. The van der Waals surface area contributed by atoms with Crippen molar-refractivity contribution in [2.24, 2.45) is 0 Å². The normalized spacial score (nSPS) is 12.8. The van der Waals surface area contributed by atoms with Crippen molar-refractivity contribution >= 4 is 23.9 Å². The number of nitrogens with one attached hydrogen (secondary N) is 2. The number of hydrogen-bond donors (Lipinski definition) is 3. The highest BCUT2D eigenvalue weighted by molar-refractivity contribution is 8.02. The number of carbonyl (C=O) groups excluding carboxylic acids is 1. The van der Waals surface area contributed by atoms with Crippen molar-refractivity contribution in [3.63, 3.8) is 0 Å². The summed E-state index contributed by atoms with van der Waals surface area (Å²) in [6.07, 6.45) is 1.70. The van der Waals surface area contributed by atoms with Gasteiger partial charge in [-0.15, -0.1) is 11.8 Å². The Labute approximate surface area is 118 Å². The van der Waals surface area contributed by atoms with E-state index in [0.717, 1.165) is 0 Å². The second-order valence-electron chi connectivity index (χ2n) is 5.49. The fourth-order valence-corrected chi connectivity index (χ4v) is 1.79. The zero-order valence-electron chi connectivity index (χ0n) is 12.2. The highest BCUT2D eigenvalue weighted by Crippen LogP contribution is 2.16. The van der Waals surface area contributed by atoms with Crippen molar-refractivity contribution in [1.82, 2.24) is 10.6 Å². The van der Waals surface area contributed by atoms with Gasteiger partial charge in [-0.3, -0.25) is 5.32 Å². The average molecular weight is 290 g/mol. The molecule has 0 aliphatic rings. The first kappa shape index (κ1) is 17.6. The van der Waals surface area contributed by atoms with E-state index in [4.69, 9.17) is 9.84 Å². The Bertz CT molecular complexity index is 372. The van der Waals surface area contributed by atoms with Gasteiger partial charge in [0.25, 0.3) is 0 Å². The number of amides is 2. The summed E-state index contributed by atoms with van der Waals surface area (Å²) >= 11 is 1.29. The van der Waals surface area contributed by atoms with Gasteiger partial charge in [-0.2, -0.15) is 0 Å². The monoisotopic (exact) mass is 290 g/mol. The van der Waals surface area contributed by atoms with Crippen LogP contribution in [0.5, 0.6) is 0 Å². The van der Waals surface area contributed by atoms with Gasteiger partial charge >= 0.3 is 12.2 Å². The molecule has 0 aliphatic heterocycles. The van der Waals surface area contributed by atoms with Gasteiger partial charge in [-0.25, -0.2) is 9.59 Å². The Kier molecular flexibility index (Phi) is 6.21. The maximum absolute atomic E-state index is 11.6. The van der Waals surface area contributed by atoms with E-state index in [0.29, 0.717) is 5.03 Å². The van der Waals surface area contributed by atoms with Crippen molar-refractivity contribution in [3.8, 4) is 0 Å². The summed E-state index contributed by atoms with van der Waals surface area (Å²) < 4.78 is 5.12. The number of ether oxygens (including phenoxy) is 1. The third-order valence-electron chi connectivity index (χ3n) is 1.77. The molecule has 6 nitrogen and oxygen atoms in total. The fraction of sp³-hybridized carbons (Fsp3) is 0.667. The summed E-state index contributed by atoms with van der Waals surface area (Å²) in [5.74, 6) is 0. The summed E-state index contributed by atoms with van der Waals surface area (Å²) in [4.78, 5) is 22.2. The van der Waals surface area contributed by atoms with Crippen molar-refractivity contribution in [3.05, 3.63) is 11.1 Å². The molecule has 19 heavy (non-hydrogen) atoms. The van der Waals surface area contributed by atoms with Gasteiger partial charge in [0.2, 0.25) is 0 Å². The Hall–Kier alpha value is -1.37. The predicted molar refractivity (Wildman–Crippen MR) is 76.2 cm³/mol. The van der Waals surface area contributed by atoms with Crippen LogP contribution in [0.2, 0.25) is 0 Å². The minimum absolute atomic E-state index is 0.521. The fourth-order valence-electron chi connectivity index (χ4n) is 1.19. The standard InChI is InChI=1S/C12H22N2O4S/c1-11(2,3)18-10(17)13-8(19-6)7-12(4,5)14-9(15)16/h7,14H,1-6H3,(H,13,17)(H,15,16). The van der Waals surface area contributed by atoms with Crippen LogP contribution in [0.25, 0.3) is 0 Å². The van der Waals surface area contributed by atoms with Gasteiger partial charge in [0.05, 0.1) is 10.6 Å². The van der Waals surface area contributed by atoms with Crippen LogP contribution in [0.15, 0.2) is 11.1 Å². The summed E-state index contributed by atoms with van der Waals surface area (Å²) in [5, 5.41) is 14.2. The van der Waals surface area contributed by atoms with Crippen LogP contribution in [0.3, 0.4) is 0 Å². The van der Waals surface area contributed by atoms with Gasteiger partial charge in [0, 0.05) is 0 Å². The third-order valence-corrected chi connectivity index (χ3v) is 2.42. The molecule has 0 saturated carbocycles. The van der Waals surface area contributed by atoms with E-state index in [9.17, 15) is 9.59 Å². The number of thioether (sulfide) groups is 1. The summed E-state index contributed by atoms with van der Waals surface area (Å²) in [6.45, 7) is 8.68. The molecule has 0 aromatic rings. The molecule has 2 amide bonds. The van der Waals surface area contributed by atoms with Gasteiger partial charge in [-0.1, -0.05) is 0 Å². The second-order valence-corrected chi connectivity index (χ2v) is 6.34. The topological polar surface area (TPSA) is 87.7 Å². The molecule has 7 heteroatoms. The van der Waals surface area contributed by atoms with E-state index in [1.807, 2.05) is 0 Å². The molecule has 0 fully saturated rings. The van der Waals surface area contributed by atoms with Crippen molar-refractivity contribution < 1.29 is 19.4 Å². The number of carbonyl (C=O) groups is 2. The number of hydrogen-bond acceptors (Lipinski definition) is 4. The zero-order chi connectivity index (χ0) is 15.3. The highest BCUT2D eigenvalue weighted by atomic mass is 32.2. The number of rotatable bonds is 4. The molecule has 0 aliphatic carbocycles. The lowest BCUT2D eigenvalue weighted by atomic mass is 10.1. The molecule has 0 spiro atoms. The van der Waals surface area contributed by atoms with Crippen molar-refractivity contribution in [1.29, 1.82) is 0 Å². The molecular formula is C12H22N2O4S. The molecule has 0 saturated heterocycles. The number of carboxylic acid groups (broad SMARTS) is 1. The molecule has 0 aromatic carbocycles. The molecule has 110 valence electrons. The van der Waals surface area contributed by atoms with Gasteiger partial charge in [0.15, 0.2) is 0 Å². The Balaban J connectivity index is 4.74. The minimum Gasteiger partial charge on any atom is -0.465 e. The molecular weight excluding hydrogens is 268 g/mol. The Morgan fingerprint density at radius 2 is 1.74 bits per heavy atom. The molecule has 0 bridgehead atoms. The predicted octanol–water partition coefficient (Wildman–Crippen LogP) is 2.76. The van der Waals surface area contributed by atoms with E-state index in [2.05, 4.69) is 10.6 Å². The van der Waals surface area contributed by atoms with Crippen molar-refractivity contribution in [2.45, 2.75) is 45.8 Å². The SMILES string of the molecule is CSC(=CC(C)(C)NC(=O)O)NC(=O)OC(C)(C)C. The van der Waals surface area contributed by atoms with Gasteiger partial charge < -0.3 is 15.2 Å². The Morgan fingerprint density at radius 3 is 2.11 bits per heavy atom. The first-order chi connectivity index (χ1) is 8.45. The largest absolute Gasteiger partial charge is 0.465 e. The van der Waals surface area contributed by atoms with Crippen LogP contribution in [0, 0.1) is 0 Å². The van der Waals surface area contributed by atoms with Crippen LogP contribution < -0.4 is 10.6 Å². The third kappa shape index (κ3) is 9.24. The lowest BCUT2D eigenvalue weighted by Crippen LogP contribution is -2.42. The summed E-state index contributed by atoms with van der Waals surface area (Å²) in [7, 11) is 0. The smallest absolute Gasteiger partial charge is 0.412 e. The molecule has 0 radical (unpaired) electrons. The van der Waals surface area contributed by atoms with E-state index >= 15 is 0 Å². The van der Waals surface area contributed by atoms with Crippen LogP contribution in [-0.2, 0) is 4.74 Å². The van der Waals surface area contributed by atoms with Gasteiger partial charge in [-0.05, 0) is 47.0 Å². The van der Waals surface area contributed by atoms with Crippen LogP contribution in [0.4, 0.5) is 9.59 Å². The van der Waals surface area contributed by atoms with E-state index in [-0.39, 0.29) is 0 Å². The quantitative estimate of drug-likeness (QED) is 0.741. The second kappa shape index (κ2) is 6.70. The summed E-state index contributed by atoms with van der Waals surface area (Å²) in [6, 6.07) is 0. The molecule has 0 rings (SSSR count). The molecule has 3 N–H and O–H groups in total. The Morgan fingerprint density at radius 1 is 1.21 bits per heavy atom. The number of alkyl carbamates (subject to hydrolysis) is 1. The van der Waals surface area contributed by atoms with E-state index < -0.39 is 23.3 Å². The molecule has 0 aromatic heterocycles. The summed E-state index contributed by atoms with van der Waals surface area (Å²) in [5.41, 5.74) is -1.37.